The summed E-state index contributed by atoms with van der Waals surface area (Å²) in [4.78, 5) is 0. The summed E-state index contributed by atoms with van der Waals surface area (Å²) in [5, 5.41) is 3.77. The lowest BCUT2D eigenvalue weighted by Gasteiger charge is -2.43. The van der Waals surface area contributed by atoms with E-state index in [-0.39, 0.29) is 11.5 Å². The molecule has 1 unspecified atom stereocenters. The van der Waals surface area contributed by atoms with Crippen molar-refractivity contribution in [1.82, 2.24) is 0 Å². The van der Waals surface area contributed by atoms with E-state index in [1.54, 1.807) is 7.11 Å². The number of ether oxygens (including phenoxy) is 1. The van der Waals surface area contributed by atoms with E-state index in [2.05, 4.69) is 129 Å². The Hall–Kier alpha value is -3.52. The second-order valence-corrected chi connectivity index (χ2v) is 9.97. The number of hydrogen-bond donors (Lipinski definition) is 1. The van der Waals surface area contributed by atoms with Crippen LogP contribution in [0.2, 0.25) is 0 Å². The predicted octanol–water partition coefficient (Wildman–Crippen LogP) is 7.77. The summed E-state index contributed by atoms with van der Waals surface area (Å²) in [7, 11) is 1.79. The molecule has 5 rings (SSSR count). The molecule has 2 aliphatic rings. The third kappa shape index (κ3) is 3.68. The van der Waals surface area contributed by atoms with Crippen molar-refractivity contribution in [3.63, 3.8) is 0 Å². The largest absolute Gasteiger partial charge is 0.496 e. The van der Waals surface area contributed by atoms with E-state index in [0.29, 0.717) is 0 Å². The summed E-state index contributed by atoms with van der Waals surface area (Å²) < 4.78 is 6.15. The van der Waals surface area contributed by atoms with Crippen LogP contribution in [0.4, 0.5) is 5.69 Å². The van der Waals surface area contributed by atoms with Gasteiger partial charge in [-0.15, -0.1) is 0 Å². The second kappa shape index (κ2) is 8.68. The Labute approximate surface area is 203 Å². The van der Waals surface area contributed by atoms with Crippen LogP contribution in [0.15, 0.2) is 103 Å². The average molecular weight is 448 g/mol. The number of rotatable bonds is 5. The molecular formula is C32H33NO. The van der Waals surface area contributed by atoms with Gasteiger partial charge in [-0.1, -0.05) is 91.0 Å². The number of allylic oxidation sites excluding steroid dienone is 5. The first-order valence-electron chi connectivity index (χ1n) is 12.1. The smallest absolute Gasteiger partial charge is 0.124 e. The van der Waals surface area contributed by atoms with Crippen LogP contribution in [0.5, 0.6) is 5.75 Å². The van der Waals surface area contributed by atoms with Crippen LogP contribution < -0.4 is 10.1 Å². The number of benzene rings is 3. The fraction of sp³-hybridized carbons (Fsp3) is 0.250. The van der Waals surface area contributed by atoms with Crippen molar-refractivity contribution >= 4 is 11.3 Å². The van der Waals surface area contributed by atoms with E-state index < -0.39 is 5.41 Å². The maximum atomic E-state index is 6.15. The minimum absolute atomic E-state index is 0.113. The van der Waals surface area contributed by atoms with Crippen molar-refractivity contribution in [2.24, 2.45) is 5.92 Å². The van der Waals surface area contributed by atoms with Gasteiger partial charge in [0.05, 0.1) is 18.1 Å². The van der Waals surface area contributed by atoms with Gasteiger partial charge in [-0.3, -0.25) is 0 Å². The van der Waals surface area contributed by atoms with Crippen LogP contribution in [0.3, 0.4) is 0 Å². The van der Waals surface area contributed by atoms with E-state index >= 15 is 0 Å². The summed E-state index contributed by atoms with van der Waals surface area (Å²) in [5.41, 5.74) is 6.84. The van der Waals surface area contributed by atoms with Crippen LogP contribution in [-0.2, 0) is 5.41 Å². The van der Waals surface area contributed by atoms with Crippen molar-refractivity contribution in [2.45, 2.75) is 38.1 Å². The first kappa shape index (κ1) is 22.3. The third-order valence-electron chi connectivity index (χ3n) is 7.22. The lowest BCUT2D eigenvalue weighted by atomic mass is 9.59. The van der Waals surface area contributed by atoms with Gasteiger partial charge in [0.1, 0.15) is 5.75 Å². The standard InChI is InChI=1S/C32H33NO/c1-23-22-31(2,3)33-29-21-28(30(34-4)20-27(23)29)32(24-14-8-5-9-15-24,25-16-10-6-11-17-25)26-18-12-7-13-19-26/h5-18,20-22,26,33H,19H2,1-4H3. The molecule has 1 aliphatic heterocycles. The predicted molar refractivity (Wildman–Crippen MR) is 143 cm³/mol. The molecule has 3 aromatic rings. The normalized spacial score (nSPS) is 18.6. The van der Waals surface area contributed by atoms with Gasteiger partial charge >= 0.3 is 0 Å². The molecule has 1 atom stereocenters. The SMILES string of the molecule is COc1cc2c(cc1C(c1ccccc1)(c1ccccc1)C1C=CC=CC1)NC(C)(C)C=C2C. The molecule has 2 nitrogen and oxygen atoms in total. The molecule has 0 bridgehead atoms. The van der Waals surface area contributed by atoms with Crippen molar-refractivity contribution in [3.8, 4) is 5.75 Å². The molecule has 3 aromatic carbocycles. The monoisotopic (exact) mass is 447 g/mol. The highest BCUT2D eigenvalue weighted by Gasteiger charge is 2.45. The highest BCUT2D eigenvalue weighted by molar-refractivity contribution is 5.82. The molecule has 0 aromatic heterocycles. The van der Waals surface area contributed by atoms with Crippen molar-refractivity contribution in [1.29, 1.82) is 0 Å². The van der Waals surface area contributed by atoms with E-state index in [4.69, 9.17) is 4.74 Å². The molecule has 0 saturated carbocycles. The quantitative estimate of drug-likeness (QED) is 0.403. The Morgan fingerprint density at radius 3 is 2.12 bits per heavy atom. The van der Waals surface area contributed by atoms with Gasteiger partial charge in [0.15, 0.2) is 0 Å². The minimum atomic E-state index is -0.412. The lowest BCUT2D eigenvalue weighted by molar-refractivity contribution is 0.380. The van der Waals surface area contributed by atoms with Crippen LogP contribution in [0.25, 0.3) is 5.57 Å². The minimum Gasteiger partial charge on any atom is -0.496 e. The topological polar surface area (TPSA) is 21.3 Å². The summed E-state index contributed by atoms with van der Waals surface area (Å²) in [5.74, 6) is 1.16. The molecule has 0 saturated heterocycles. The zero-order valence-electron chi connectivity index (χ0n) is 20.5. The lowest BCUT2D eigenvalue weighted by Crippen LogP contribution is -2.38. The molecule has 0 fully saturated rings. The van der Waals surface area contributed by atoms with Crippen LogP contribution in [-0.4, -0.2) is 12.6 Å². The van der Waals surface area contributed by atoms with Gasteiger partial charge in [0.25, 0.3) is 0 Å². The average Bonchev–Trinajstić information content (AvgIpc) is 2.85. The second-order valence-electron chi connectivity index (χ2n) is 9.97. The Morgan fingerprint density at radius 2 is 1.56 bits per heavy atom. The Kier molecular flexibility index (Phi) is 5.69. The van der Waals surface area contributed by atoms with Crippen molar-refractivity contribution in [3.05, 3.63) is 125 Å². The fourth-order valence-corrected chi connectivity index (χ4v) is 5.90. The van der Waals surface area contributed by atoms with Gasteiger partial charge in [0, 0.05) is 16.8 Å². The Bertz CT molecular complexity index is 1230. The molecule has 172 valence electrons. The molecule has 34 heavy (non-hydrogen) atoms. The van der Waals surface area contributed by atoms with Crippen LogP contribution >= 0.6 is 0 Å². The number of hydrogen-bond acceptors (Lipinski definition) is 2. The maximum Gasteiger partial charge on any atom is 0.124 e. The third-order valence-corrected chi connectivity index (χ3v) is 7.22. The van der Waals surface area contributed by atoms with E-state index in [0.717, 1.165) is 17.9 Å². The zero-order chi connectivity index (χ0) is 23.8. The van der Waals surface area contributed by atoms with Gasteiger partial charge in [-0.2, -0.15) is 0 Å². The van der Waals surface area contributed by atoms with Gasteiger partial charge in [-0.05, 0) is 61.9 Å². The molecule has 1 heterocycles. The first-order valence-corrected chi connectivity index (χ1v) is 12.1. The summed E-state index contributed by atoms with van der Waals surface area (Å²) in [6, 6.07) is 26.4. The van der Waals surface area contributed by atoms with Crippen LogP contribution in [0.1, 0.15) is 49.4 Å². The maximum absolute atomic E-state index is 6.15. The summed E-state index contributed by atoms with van der Waals surface area (Å²) in [6.45, 7) is 6.64. The van der Waals surface area contributed by atoms with Crippen molar-refractivity contribution < 1.29 is 4.74 Å². The van der Waals surface area contributed by atoms with E-state index in [1.807, 2.05) is 0 Å². The van der Waals surface area contributed by atoms with E-state index in [9.17, 15) is 0 Å². The Morgan fingerprint density at radius 1 is 0.912 bits per heavy atom. The van der Waals surface area contributed by atoms with Gasteiger partial charge in [-0.25, -0.2) is 0 Å². The number of methoxy groups -OCH3 is 1. The molecular weight excluding hydrogens is 414 g/mol. The Balaban J connectivity index is 1.88. The highest BCUT2D eigenvalue weighted by Crippen LogP contribution is 2.53. The molecule has 0 radical (unpaired) electrons. The highest BCUT2D eigenvalue weighted by atomic mass is 16.5. The molecule has 2 heteroatoms. The van der Waals surface area contributed by atoms with Gasteiger partial charge in [0.2, 0.25) is 0 Å². The molecule has 0 spiro atoms. The van der Waals surface area contributed by atoms with Crippen molar-refractivity contribution in [2.75, 3.05) is 12.4 Å². The first-order chi connectivity index (χ1) is 16.5. The number of anilines is 1. The zero-order valence-corrected chi connectivity index (χ0v) is 20.5. The molecule has 1 N–H and O–H groups in total. The van der Waals surface area contributed by atoms with Gasteiger partial charge < -0.3 is 10.1 Å². The molecule has 0 amide bonds. The van der Waals surface area contributed by atoms with Crippen LogP contribution in [0, 0.1) is 5.92 Å². The number of fused-ring (bicyclic) bond motifs is 1. The molecule has 1 aliphatic carbocycles. The number of nitrogens with one attached hydrogen (secondary N) is 1. The summed E-state index contributed by atoms with van der Waals surface area (Å²) in [6.07, 6.45) is 12.2. The van der Waals surface area contributed by atoms with E-state index in [1.165, 1.54) is 27.8 Å². The summed E-state index contributed by atoms with van der Waals surface area (Å²) >= 11 is 0. The fourth-order valence-electron chi connectivity index (χ4n) is 5.90.